The maximum absolute atomic E-state index is 12.4. The molecule has 3 N–H and O–H groups in total. The molecule has 0 aliphatic carbocycles. The van der Waals surface area contributed by atoms with Gasteiger partial charge in [0.05, 0.1) is 12.6 Å². The van der Waals surface area contributed by atoms with Crippen molar-refractivity contribution in [2.24, 2.45) is 0 Å². The first kappa shape index (κ1) is 17.7. The number of hydrogen-bond donors (Lipinski definition) is 3. The lowest BCUT2D eigenvalue weighted by atomic mass is 9.90. The summed E-state index contributed by atoms with van der Waals surface area (Å²) >= 11 is 5.92. The largest absolute Gasteiger partial charge is 0.394 e. The van der Waals surface area contributed by atoms with Gasteiger partial charge in [0.1, 0.15) is 0 Å². The number of aliphatic hydroxyl groups is 2. The van der Waals surface area contributed by atoms with E-state index in [1.807, 2.05) is 19.1 Å². The fourth-order valence-electron chi connectivity index (χ4n) is 2.03. The Bertz CT molecular complexity index is 504. The molecule has 1 aromatic carbocycles. The standard InChI is InChI=1S/C16H22ClNO3/c1-3-5-9-14(11-19)18-15(20)16(21,4-2)12-7-6-8-13(17)10-12/h3,5-8,10,14,19,21H,4,9,11H2,1-2H3,(H,18,20)/b5-3+. The molecule has 0 bridgehead atoms. The van der Waals surface area contributed by atoms with Gasteiger partial charge in [-0.05, 0) is 37.5 Å². The van der Waals surface area contributed by atoms with Crippen molar-refractivity contribution >= 4 is 17.5 Å². The van der Waals surface area contributed by atoms with Gasteiger partial charge in [-0.25, -0.2) is 0 Å². The van der Waals surface area contributed by atoms with E-state index < -0.39 is 17.6 Å². The fraction of sp³-hybridized carbons (Fsp3) is 0.438. The Morgan fingerprint density at radius 1 is 1.52 bits per heavy atom. The van der Waals surface area contributed by atoms with Crippen LogP contribution in [0.2, 0.25) is 5.02 Å². The molecule has 2 atom stereocenters. The molecule has 0 fully saturated rings. The Kier molecular flexibility index (Phi) is 6.89. The van der Waals surface area contributed by atoms with E-state index in [4.69, 9.17) is 11.6 Å². The van der Waals surface area contributed by atoms with E-state index in [2.05, 4.69) is 5.32 Å². The Morgan fingerprint density at radius 2 is 2.24 bits per heavy atom. The van der Waals surface area contributed by atoms with Crippen molar-refractivity contribution in [1.82, 2.24) is 5.32 Å². The molecular formula is C16H22ClNO3. The van der Waals surface area contributed by atoms with Gasteiger partial charge in [-0.1, -0.05) is 42.8 Å². The Morgan fingerprint density at radius 3 is 2.76 bits per heavy atom. The summed E-state index contributed by atoms with van der Waals surface area (Å²) in [5.74, 6) is -0.532. The molecule has 0 aromatic heterocycles. The molecule has 5 heteroatoms. The third kappa shape index (κ3) is 4.56. The second-order valence-electron chi connectivity index (χ2n) is 4.88. The normalized spacial score (nSPS) is 15.7. The number of nitrogens with one attached hydrogen (secondary N) is 1. The smallest absolute Gasteiger partial charge is 0.256 e. The number of carbonyl (C=O) groups is 1. The molecule has 1 rings (SSSR count). The highest BCUT2D eigenvalue weighted by Gasteiger charge is 2.37. The van der Waals surface area contributed by atoms with Crippen molar-refractivity contribution in [2.75, 3.05) is 6.61 Å². The van der Waals surface area contributed by atoms with Crippen LogP contribution in [0.4, 0.5) is 0 Å². The number of allylic oxidation sites excluding steroid dienone is 1. The van der Waals surface area contributed by atoms with Crippen molar-refractivity contribution in [3.8, 4) is 0 Å². The molecule has 0 radical (unpaired) electrons. The molecule has 0 saturated heterocycles. The maximum Gasteiger partial charge on any atom is 0.256 e. The highest BCUT2D eigenvalue weighted by Crippen LogP contribution is 2.27. The minimum atomic E-state index is -1.66. The summed E-state index contributed by atoms with van der Waals surface area (Å²) in [4.78, 5) is 12.4. The van der Waals surface area contributed by atoms with Crippen LogP contribution in [0, 0.1) is 0 Å². The lowest BCUT2D eigenvalue weighted by Gasteiger charge is -2.28. The van der Waals surface area contributed by atoms with Crippen molar-refractivity contribution < 1.29 is 15.0 Å². The maximum atomic E-state index is 12.4. The summed E-state index contributed by atoms with van der Waals surface area (Å²) < 4.78 is 0. The summed E-state index contributed by atoms with van der Waals surface area (Å²) in [5, 5.41) is 23.1. The van der Waals surface area contributed by atoms with Crippen LogP contribution in [0.15, 0.2) is 36.4 Å². The van der Waals surface area contributed by atoms with Gasteiger partial charge in [0, 0.05) is 5.02 Å². The van der Waals surface area contributed by atoms with Crippen LogP contribution in [-0.4, -0.2) is 28.8 Å². The van der Waals surface area contributed by atoms with Gasteiger partial charge in [-0.2, -0.15) is 0 Å². The lowest BCUT2D eigenvalue weighted by molar-refractivity contribution is -0.142. The first-order valence-electron chi connectivity index (χ1n) is 6.99. The van der Waals surface area contributed by atoms with E-state index in [0.29, 0.717) is 17.0 Å². The third-order valence-electron chi connectivity index (χ3n) is 3.40. The third-order valence-corrected chi connectivity index (χ3v) is 3.64. The molecule has 116 valence electrons. The van der Waals surface area contributed by atoms with Crippen LogP contribution in [-0.2, 0) is 10.4 Å². The summed E-state index contributed by atoms with van der Waals surface area (Å²) in [6.07, 6.45) is 4.42. The quantitative estimate of drug-likeness (QED) is 0.677. The topological polar surface area (TPSA) is 69.6 Å². The zero-order valence-electron chi connectivity index (χ0n) is 12.3. The first-order chi connectivity index (χ1) is 9.97. The summed E-state index contributed by atoms with van der Waals surface area (Å²) in [6.45, 7) is 3.40. The number of aliphatic hydroxyl groups excluding tert-OH is 1. The van der Waals surface area contributed by atoms with E-state index in [1.165, 1.54) is 0 Å². The second-order valence-corrected chi connectivity index (χ2v) is 5.32. The number of rotatable bonds is 7. The van der Waals surface area contributed by atoms with Gasteiger partial charge in [0.15, 0.2) is 5.60 Å². The average molecular weight is 312 g/mol. The molecule has 4 nitrogen and oxygen atoms in total. The average Bonchev–Trinajstić information content (AvgIpc) is 2.50. The number of hydrogen-bond acceptors (Lipinski definition) is 3. The van der Waals surface area contributed by atoms with Gasteiger partial charge in [-0.3, -0.25) is 4.79 Å². The molecule has 1 aromatic rings. The van der Waals surface area contributed by atoms with Crippen LogP contribution in [0.1, 0.15) is 32.3 Å². The van der Waals surface area contributed by atoms with Crippen LogP contribution >= 0.6 is 11.6 Å². The second kappa shape index (κ2) is 8.17. The Balaban J connectivity index is 2.94. The molecule has 0 spiro atoms. The predicted molar refractivity (Wildman–Crippen MR) is 84.1 cm³/mol. The molecule has 0 heterocycles. The van der Waals surface area contributed by atoms with Gasteiger partial charge in [0.25, 0.3) is 5.91 Å². The van der Waals surface area contributed by atoms with Crippen LogP contribution in [0.3, 0.4) is 0 Å². The fourth-order valence-corrected chi connectivity index (χ4v) is 2.22. The Labute approximate surface area is 130 Å². The Hall–Kier alpha value is -1.36. The van der Waals surface area contributed by atoms with E-state index in [1.54, 1.807) is 31.2 Å². The van der Waals surface area contributed by atoms with Crippen molar-refractivity contribution in [3.05, 3.63) is 47.0 Å². The number of halogens is 1. The van der Waals surface area contributed by atoms with Crippen LogP contribution in [0.5, 0.6) is 0 Å². The molecule has 0 saturated carbocycles. The first-order valence-corrected chi connectivity index (χ1v) is 7.37. The predicted octanol–water partition coefficient (Wildman–Crippen LogP) is 2.38. The number of benzene rings is 1. The van der Waals surface area contributed by atoms with Crippen molar-refractivity contribution in [1.29, 1.82) is 0 Å². The zero-order chi connectivity index (χ0) is 15.9. The highest BCUT2D eigenvalue weighted by molar-refractivity contribution is 6.30. The van der Waals surface area contributed by atoms with E-state index in [-0.39, 0.29) is 13.0 Å². The van der Waals surface area contributed by atoms with Crippen LogP contribution in [0.25, 0.3) is 0 Å². The summed E-state index contributed by atoms with van der Waals surface area (Å²) in [5.41, 5.74) is -1.22. The molecule has 2 unspecified atom stereocenters. The van der Waals surface area contributed by atoms with Gasteiger partial charge in [-0.15, -0.1) is 0 Å². The summed E-state index contributed by atoms with van der Waals surface area (Å²) in [6, 6.07) is 6.18. The van der Waals surface area contributed by atoms with Crippen LogP contribution < -0.4 is 5.32 Å². The summed E-state index contributed by atoms with van der Waals surface area (Å²) in [7, 11) is 0. The molecule has 0 aliphatic heterocycles. The highest BCUT2D eigenvalue weighted by atomic mass is 35.5. The minimum Gasteiger partial charge on any atom is -0.394 e. The number of carbonyl (C=O) groups excluding carboxylic acids is 1. The molecule has 0 aliphatic rings. The molecule has 21 heavy (non-hydrogen) atoms. The molecular weight excluding hydrogens is 290 g/mol. The molecule has 1 amide bonds. The number of amides is 1. The lowest BCUT2D eigenvalue weighted by Crippen LogP contribution is -2.49. The van der Waals surface area contributed by atoms with Gasteiger partial charge >= 0.3 is 0 Å². The monoisotopic (exact) mass is 311 g/mol. The zero-order valence-corrected chi connectivity index (χ0v) is 13.1. The van der Waals surface area contributed by atoms with Crippen molar-refractivity contribution in [3.63, 3.8) is 0 Å². The van der Waals surface area contributed by atoms with Crippen molar-refractivity contribution in [2.45, 2.75) is 38.3 Å². The van der Waals surface area contributed by atoms with E-state index in [0.717, 1.165) is 0 Å². The minimum absolute atomic E-state index is 0.189. The van der Waals surface area contributed by atoms with E-state index >= 15 is 0 Å². The van der Waals surface area contributed by atoms with Gasteiger partial charge in [0.2, 0.25) is 0 Å². The van der Waals surface area contributed by atoms with E-state index in [9.17, 15) is 15.0 Å². The van der Waals surface area contributed by atoms with Gasteiger partial charge < -0.3 is 15.5 Å². The SMILES string of the molecule is C/C=C/CC(CO)NC(=O)C(O)(CC)c1cccc(Cl)c1.